The smallest absolute Gasteiger partial charge is 0.164 e. The molecule has 5 aromatic rings. The Morgan fingerprint density at radius 3 is 2.41 bits per heavy atom. The minimum atomic E-state index is 0.595. The Bertz CT molecular complexity index is 1370. The van der Waals surface area contributed by atoms with Gasteiger partial charge < -0.3 is 0 Å². The van der Waals surface area contributed by atoms with Crippen molar-refractivity contribution in [2.75, 3.05) is 0 Å². The van der Waals surface area contributed by atoms with E-state index in [0.717, 1.165) is 39.2 Å². The van der Waals surface area contributed by atoms with Gasteiger partial charge in [0.15, 0.2) is 5.65 Å². The van der Waals surface area contributed by atoms with Crippen LogP contribution in [0.15, 0.2) is 79.0 Å². The summed E-state index contributed by atoms with van der Waals surface area (Å²) >= 11 is 12.3. The van der Waals surface area contributed by atoms with Gasteiger partial charge in [-0.2, -0.15) is 0 Å². The highest BCUT2D eigenvalue weighted by molar-refractivity contribution is 6.35. The summed E-state index contributed by atoms with van der Waals surface area (Å²) in [6.45, 7) is 0. The molecule has 0 saturated heterocycles. The average molecular weight is 416 g/mol. The van der Waals surface area contributed by atoms with E-state index in [2.05, 4.69) is 22.6 Å². The molecule has 0 atom stereocenters. The fraction of sp³-hybridized carbons (Fsp3) is 0. The van der Waals surface area contributed by atoms with Gasteiger partial charge in [-0.05, 0) is 35.9 Å². The van der Waals surface area contributed by atoms with Gasteiger partial charge in [-0.1, -0.05) is 77.8 Å². The Morgan fingerprint density at radius 2 is 1.59 bits per heavy atom. The van der Waals surface area contributed by atoms with Crippen LogP contribution in [0.25, 0.3) is 40.1 Å². The Labute approximate surface area is 177 Å². The van der Waals surface area contributed by atoms with E-state index in [0.29, 0.717) is 10.0 Å². The summed E-state index contributed by atoms with van der Waals surface area (Å²) in [4.78, 5) is 9.68. The number of rotatable bonds is 3. The fourth-order valence-electron chi connectivity index (χ4n) is 3.35. The number of benzene rings is 3. The Balaban J connectivity index is 1.73. The molecule has 0 N–H and O–H groups in total. The third-order valence-corrected chi connectivity index (χ3v) is 5.33. The first-order chi connectivity index (χ1) is 14.2. The number of imidazole rings is 1. The van der Waals surface area contributed by atoms with Gasteiger partial charge in [0.1, 0.15) is 5.69 Å². The monoisotopic (exact) mass is 415 g/mol. The molecule has 2 aromatic heterocycles. The van der Waals surface area contributed by atoms with Crippen LogP contribution in [-0.2, 0) is 0 Å². The molecule has 0 aliphatic heterocycles. The molecule has 3 nitrogen and oxygen atoms in total. The molecule has 0 bridgehead atoms. The Kier molecular flexibility index (Phi) is 4.55. The van der Waals surface area contributed by atoms with E-state index in [-0.39, 0.29) is 0 Å². The second-order valence-corrected chi connectivity index (χ2v) is 7.51. The fourth-order valence-corrected chi connectivity index (χ4v) is 3.82. The van der Waals surface area contributed by atoms with Gasteiger partial charge in [0, 0.05) is 21.8 Å². The van der Waals surface area contributed by atoms with E-state index >= 15 is 0 Å². The SMILES string of the molecule is Clc1ccc(/C=C/c2nc(-c3ccccc3)cn3c2nc2ccccc23)c(Cl)c1. The van der Waals surface area contributed by atoms with Crippen molar-refractivity contribution in [1.29, 1.82) is 0 Å². The third kappa shape index (κ3) is 3.39. The lowest BCUT2D eigenvalue weighted by Crippen LogP contribution is -1.95. The summed E-state index contributed by atoms with van der Waals surface area (Å²) in [6, 6.07) is 23.6. The van der Waals surface area contributed by atoms with Gasteiger partial charge in [0.25, 0.3) is 0 Å². The molecule has 3 aromatic carbocycles. The summed E-state index contributed by atoms with van der Waals surface area (Å²) < 4.78 is 2.09. The van der Waals surface area contributed by atoms with Crippen LogP contribution in [0.4, 0.5) is 0 Å². The Hall–Kier alpha value is -3.14. The van der Waals surface area contributed by atoms with Gasteiger partial charge in [-0.25, -0.2) is 9.97 Å². The molecule has 0 aliphatic carbocycles. The molecule has 0 aliphatic rings. The molecule has 0 spiro atoms. The first-order valence-electron chi connectivity index (χ1n) is 9.15. The minimum absolute atomic E-state index is 0.595. The quantitative estimate of drug-likeness (QED) is 0.316. The van der Waals surface area contributed by atoms with Crippen LogP contribution in [0, 0.1) is 0 Å². The van der Waals surface area contributed by atoms with Crippen molar-refractivity contribution in [1.82, 2.24) is 14.4 Å². The van der Waals surface area contributed by atoms with Crippen molar-refractivity contribution < 1.29 is 0 Å². The third-order valence-electron chi connectivity index (χ3n) is 4.77. The predicted octanol–water partition coefficient (Wildman–Crippen LogP) is 7.03. The molecule has 5 heteroatoms. The predicted molar refractivity (Wildman–Crippen MR) is 121 cm³/mol. The zero-order valence-corrected chi connectivity index (χ0v) is 16.8. The summed E-state index contributed by atoms with van der Waals surface area (Å²) in [5.41, 5.74) is 6.34. The molecule has 0 saturated carbocycles. The molecule has 0 amide bonds. The minimum Gasteiger partial charge on any atom is -0.296 e. The molecular weight excluding hydrogens is 401 g/mol. The molecule has 0 fully saturated rings. The molecule has 2 heterocycles. The van der Waals surface area contributed by atoms with Crippen LogP contribution in [-0.4, -0.2) is 14.4 Å². The van der Waals surface area contributed by atoms with Gasteiger partial charge in [0.2, 0.25) is 0 Å². The van der Waals surface area contributed by atoms with E-state index in [1.807, 2.05) is 66.9 Å². The number of aromatic nitrogens is 3. The highest BCUT2D eigenvalue weighted by atomic mass is 35.5. The Morgan fingerprint density at radius 1 is 0.793 bits per heavy atom. The summed E-state index contributed by atoms with van der Waals surface area (Å²) in [6.07, 6.45) is 5.92. The van der Waals surface area contributed by atoms with E-state index in [4.69, 9.17) is 33.2 Å². The number of nitrogens with zero attached hydrogens (tertiary/aromatic N) is 3. The largest absolute Gasteiger partial charge is 0.296 e. The van der Waals surface area contributed by atoms with E-state index in [9.17, 15) is 0 Å². The van der Waals surface area contributed by atoms with Crippen LogP contribution in [0.1, 0.15) is 11.3 Å². The topological polar surface area (TPSA) is 30.2 Å². The molecule has 29 heavy (non-hydrogen) atoms. The van der Waals surface area contributed by atoms with Crippen molar-refractivity contribution in [2.24, 2.45) is 0 Å². The average Bonchev–Trinajstić information content (AvgIpc) is 3.12. The maximum Gasteiger partial charge on any atom is 0.164 e. The molecular formula is C24H15Cl2N3. The van der Waals surface area contributed by atoms with Crippen LogP contribution in [0.3, 0.4) is 0 Å². The zero-order chi connectivity index (χ0) is 19.8. The molecule has 0 radical (unpaired) electrons. The first-order valence-corrected chi connectivity index (χ1v) is 9.91. The number of hydrogen-bond acceptors (Lipinski definition) is 2. The van der Waals surface area contributed by atoms with Crippen molar-refractivity contribution in [3.05, 3.63) is 100 Å². The van der Waals surface area contributed by atoms with Gasteiger partial charge >= 0.3 is 0 Å². The van der Waals surface area contributed by atoms with Gasteiger partial charge in [-0.15, -0.1) is 0 Å². The highest BCUT2D eigenvalue weighted by Gasteiger charge is 2.11. The standard InChI is InChI=1S/C24H15Cl2N3/c25-18-12-10-16(19(26)14-18)11-13-21-24-28-20-8-4-5-9-23(20)29(24)15-22(27-21)17-6-2-1-3-7-17/h1-15H/b13-11+. The second-order valence-electron chi connectivity index (χ2n) is 6.67. The number of fused-ring (bicyclic) bond motifs is 3. The lowest BCUT2D eigenvalue weighted by atomic mass is 10.1. The number of hydrogen-bond donors (Lipinski definition) is 0. The van der Waals surface area contributed by atoms with Crippen LogP contribution >= 0.6 is 23.2 Å². The van der Waals surface area contributed by atoms with Crippen molar-refractivity contribution in [3.63, 3.8) is 0 Å². The van der Waals surface area contributed by atoms with Gasteiger partial charge in [-0.3, -0.25) is 4.40 Å². The van der Waals surface area contributed by atoms with Crippen LogP contribution in [0.2, 0.25) is 10.0 Å². The van der Waals surface area contributed by atoms with Gasteiger partial charge in [0.05, 0.1) is 16.7 Å². The number of para-hydroxylation sites is 2. The highest BCUT2D eigenvalue weighted by Crippen LogP contribution is 2.26. The molecule has 5 rings (SSSR count). The lowest BCUT2D eigenvalue weighted by Gasteiger charge is -2.06. The number of halogens is 2. The maximum absolute atomic E-state index is 6.33. The van der Waals surface area contributed by atoms with Crippen LogP contribution in [0.5, 0.6) is 0 Å². The van der Waals surface area contributed by atoms with E-state index in [1.54, 1.807) is 6.07 Å². The first kappa shape index (κ1) is 17.9. The summed E-state index contributed by atoms with van der Waals surface area (Å²) in [7, 11) is 0. The zero-order valence-electron chi connectivity index (χ0n) is 15.3. The molecule has 140 valence electrons. The van der Waals surface area contributed by atoms with Crippen molar-refractivity contribution >= 4 is 52.0 Å². The van der Waals surface area contributed by atoms with Crippen molar-refractivity contribution in [2.45, 2.75) is 0 Å². The maximum atomic E-state index is 6.33. The normalized spacial score (nSPS) is 11.7. The summed E-state index contributed by atoms with van der Waals surface area (Å²) in [5.74, 6) is 0. The van der Waals surface area contributed by atoms with E-state index < -0.39 is 0 Å². The van der Waals surface area contributed by atoms with Crippen LogP contribution < -0.4 is 0 Å². The lowest BCUT2D eigenvalue weighted by molar-refractivity contribution is 1.14. The second kappa shape index (κ2) is 7.36. The summed E-state index contributed by atoms with van der Waals surface area (Å²) in [5, 5.41) is 1.20. The van der Waals surface area contributed by atoms with Crippen molar-refractivity contribution in [3.8, 4) is 11.3 Å². The molecule has 0 unspecified atom stereocenters. The van der Waals surface area contributed by atoms with E-state index in [1.165, 1.54) is 0 Å².